The predicted octanol–water partition coefficient (Wildman–Crippen LogP) is 3.16. The first-order chi connectivity index (χ1) is 10.2. The number of nitrogens with two attached hydrogens (primary N) is 1. The maximum atomic E-state index is 11.3. The third-order valence-corrected chi connectivity index (χ3v) is 4.27. The van der Waals surface area contributed by atoms with Crippen LogP contribution in [0.2, 0.25) is 0 Å². The summed E-state index contributed by atoms with van der Waals surface area (Å²) in [5.74, 6) is -0.363. The monoisotopic (exact) mass is 316 g/mol. The molecule has 0 saturated heterocycles. The van der Waals surface area contributed by atoms with Gasteiger partial charge in [-0.3, -0.25) is 4.79 Å². The lowest BCUT2D eigenvalue weighted by atomic mass is 9.88. The Morgan fingerprint density at radius 2 is 1.95 bits per heavy atom. The molecule has 3 rings (SSSR count). The zero-order valence-corrected chi connectivity index (χ0v) is 13.5. The number of primary amides is 1. The van der Waals surface area contributed by atoms with Crippen molar-refractivity contribution < 1.29 is 4.79 Å². The van der Waals surface area contributed by atoms with E-state index in [0.717, 1.165) is 19.4 Å². The summed E-state index contributed by atoms with van der Waals surface area (Å²) in [4.78, 5) is 11.3. The average Bonchev–Trinajstić information content (AvgIpc) is 2.53. The number of hydrogen-bond acceptors (Lipinski definition) is 2. The lowest BCUT2D eigenvalue weighted by molar-refractivity contribution is 0.1000. The molecule has 0 fully saturated rings. The second kappa shape index (κ2) is 6.95. The van der Waals surface area contributed by atoms with Crippen LogP contribution in [-0.4, -0.2) is 5.91 Å². The Kier molecular flexibility index (Phi) is 5.22. The van der Waals surface area contributed by atoms with E-state index in [9.17, 15) is 4.79 Å². The van der Waals surface area contributed by atoms with Crippen LogP contribution < -0.4 is 11.1 Å². The van der Waals surface area contributed by atoms with Gasteiger partial charge < -0.3 is 11.1 Å². The zero-order chi connectivity index (χ0) is 14.8. The first kappa shape index (κ1) is 16.5. The van der Waals surface area contributed by atoms with E-state index in [1.54, 1.807) is 0 Å². The highest BCUT2D eigenvalue weighted by Gasteiger charge is 2.21. The van der Waals surface area contributed by atoms with E-state index in [2.05, 4.69) is 36.5 Å². The van der Waals surface area contributed by atoms with Crippen LogP contribution in [0, 0.1) is 0 Å². The van der Waals surface area contributed by atoms with Gasteiger partial charge in [0.15, 0.2) is 0 Å². The van der Waals surface area contributed by atoms with E-state index in [1.165, 1.54) is 22.3 Å². The molecule has 1 heterocycles. The molecule has 116 valence electrons. The van der Waals surface area contributed by atoms with Crippen LogP contribution in [0.15, 0.2) is 42.5 Å². The summed E-state index contributed by atoms with van der Waals surface area (Å²) >= 11 is 0. The van der Waals surface area contributed by atoms with Crippen molar-refractivity contribution in [2.75, 3.05) is 0 Å². The van der Waals surface area contributed by atoms with Gasteiger partial charge in [-0.2, -0.15) is 0 Å². The molecule has 1 aliphatic rings. The summed E-state index contributed by atoms with van der Waals surface area (Å²) in [6.07, 6.45) is 1.88. The number of fused-ring (bicyclic) bond motifs is 1. The Morgan fingerprint density at radius 1 is 1.23 bits per heavy atom. The first-order valence-electron chi connectivity index (χ1n) is 7.42. The molecule has 1 unspecified atom stereocenters. The highest BCUT2D eigenvalue weighted by Crippen LogP contribution is 2.28. The van der Waals surface area contributed by atoms with Gasteiger partial charge in [0.05, 0.1) is 0 Å². The smallest absolute Gasteiger partial charge is 0.248 e. The summed E-state index contributed by atoms with van der Waals surface area (Å²) < 4.78 is 0. The van der Waals surface area contributed by atoms with Crippen LogP contribution in [0.4, 0.5) is 0 Å². The molecule has 3 N–H and O–H groups in total. The maximum absolute atomic E-state index is 11.3. The van der Waals surface area contributed by atoms with Gasteiger partial charge in [0.1, 0.15) is 0 Å². The number of hydrogen-bond donors (Lipinski definition) is 2. The topological polar surface area (TPSA) is 55.1 Å². The molecule has 1 aliphatic heterocycles. The van der Waals surface area contributed by atoms with Crippen molar-refractivity contribution >= 4 is 18.3 Å². The molecule has 0 saturated carbocycles. The zero-order valence-electron chi connectivity index (χ0n) is 12.6. The second-order valence-corrected chi connectivity index (χ2v) is 5.54. The molecule has 0 radical (unpaired) electrons. The van der Waals surface area contributed by atoms with E-state index < -0.39 is 0 Å². The fourth-order valence-corrected chi connectivity index (χ4v) is 3.08. The molecular weight excluding hydrogens is 296 g/mol. The summed E-state index contributed by atoms with van der Waals surface area (Å²) in [7, 11) is 0. The van der Waals surface area contributed by atoms with Gasteiger partial charge in [-0.15, -0.1) is 12.4 Å². The Bertz CT molecular complexity index is 685. The maximum Gasteiger partial charge on any atom is 0.248 e. The Labute approximate surface area is 137 Å². The molecule has 4 heteroatoms. The molecule has 1 amide bonds. The number of benzene rings is 2. The highest BCUT2D eigenvalue weighted by atomic mass is 35.5. The predicted molar refractivity (Wildman–Crippen MR) is 91.3 cm³/mol. The van der Waals surface area contributed by atoms with Crippen LogP contribution in [0.3, 0.4) is 0 Å². The third-order valence-electron chi connectivity index (χ3n) is 4.27. The van der Waals surface area contributed by atoms with Gasteiger partial charge in [0.25, 0.3) is 0 Å². The van der Waals surface area contributed by atoms with E-state index in [4.69, 9.17) is 5.73 Å². The standard InChI is InChI=1S/C18H20N2O.ClH/c1-2-12-9-14(18(19)21)7-8-16(12)17-10-13-5-3-4-6-15(13)11-20-17;/h3-9,17,20H,2,10-11H2,1H3,(H2,19,21);1H. The highest BCUT2D eigenvalue weighted by molar-refractivity contribution is 5.93. The van der Waals surface area contributed by atoms with Crippen LogP contribution >= 0.6 is 12.4 Å². The molecule has 2 aromatic rings. The number of halogens is 1. The SMILES string of the molecule is CCc1cc(C(N)=O)ccc1C1Cc2ccccc2CN1.Cl. The van der Waals surface area contributed by atoms with Crippen molar-refractivity contribution in [2.45, 2.75) is 32.4 Å². The minimum atomic E-state index is -0.363. The fraction of sp³-hybridized carbons (Fsp3) is 0.278. The van der Waals surface area contributed by atoms with Crippen LogP contribution in [0.5, 0.6) is 0 Å². The Hall–Kier alpha value is -1.84. The molecule has 0 bridgehead atoms. The summed E-state index contributed by atoms with van der Waals surface area (Å²) in [6, 6.07) is 14.7. The number of amides is 1. The summed E-state index contributed by atoms with van der Waals surface area (Å²) in [5, 5.41) is 3.60. The van der Waals surface area contributed by atoms with Gasteiger partial charge in [0, 0.05) is 18.2 Å². The number of aryl methyl sites for hydroxylation is 1. The van der Waals surface area contributed by atoms with Crippen molar-refractivity contribution in [3.63, 3.8) is 0 Å². The molecular formula is C18H21ClN2O. The van der Waals surface area contributed by atoms with Crippen LogP contribution in [-0.2, 0) is 19.4 Å². The molecule has 2 aromatic carbocycles. The van der Waals surface area contributed by atoms with Crippen molar-refractivity contribution in [2.24, 2.45) is 5.73 Å². The van der Waals surface area contributed by atoms with Gasteiger partial charge >= 0.3 is 0 Å². The quantitative estimate of drug-likeness (QED) is 0.914. The Morgan fingerprint density at radius 3 is 2.64 bits per heavy atom. The van der Waals surface area contributed by atoms with Crippen molar-refractivity contribution in [1.29, 1.82) is 0 Å². The van der Waals surface area contributed by atoms with Crippen LogP contribution in [0.1, 0.15) is 45.6 Å². The number of nitrogens with one attached hydrogen (secondary N) is 1. The van der Waals surface area contributed by atoms with Crippen molar-refractivity contribution in [1.82, 2.24) is 5.32 Å². The molecule has 1 atom stereocenters. The van der Waals surface area contributed by atoms with Gasteiger partial charge in [-0.1, -0.05) is 37.3 Å². The number of carbonyl (C=O) groups is 1. The second-order valence-electron chi connectivity index (χ2n) is 5.54. The molecule has 0 aliphatic carbocycles. The number of carbonyl (C=O) groups excluding carboxylic acids is 1. The number of rotatable bonds is 3. The minimum absolute atomic E-state index is 0. The fourth-order valence-electron chi connectivity index (χ4n) is 3.08. The normalized spacial score (nSPS) is 16.5. The Balaban J connectivity index is 0.00000176. The first-order valence-corrected chi connectivity index (χ1v) is 7.42. The van der Waals surface area contributed by atoms with E-state index >= 15 is 0 Å². The lowest BCUT2D eigenvalue weighted by Gasteiger charge is -2.28. The van der Waals surface area contributed by atoms with E-state index in [-0.39, 0.29) is 18.3 Å². The van der Waals surface area contributed by atoms with Crippen molar-refractivity contribution in [3.8, 4) is 0 Å². The van der Waals surface area contributed by atoms with Crippen LogP contribution in [0.25, 0.3) is 0 Å². The van der Waals surface area contributed by atoms with Gasteiger partial charge in [-0.25, -0.2) is 0 Å². The summed E-state index contributed by atoms with van der Waals surface area (Å²) in [6.45, 7) is 3.00. The lowest BCUT2D eigenvalue weighted by Crippen LogP contribution is -2.29. The largest absolute Gasteiger partial charge is 0.366 e. The molecule has 22 heavy (non-hydrogen) atoms. The molecule has 3 nitrogen and oxygen atoms in total. The van der Waals surface area contributed by atoms with E-state index in [1.807, 2.05) is 18.2 Å². The third kappa shape index (κ3) is 3.16. The van der Waals surface area contributed by atoms with E-state index in [0.29, 0.717) is 11.6 Å². The average molecular weight is 317 g/mol. The molecule has 0 aromatic heterocycles. The minimum Gasteiger partial charge on any atom is -0.366 e. The van der Waals surface area contributed by atoms with Gasteiger partial charge in [0.2, 0.25) is 5.91 Å². The summed E-state index contributed by atoms with van der Waals surface area (Å²) in [5.41, 5.74) is 11.2. The van der Waals surface area contributed by atoms with Gasteiger partial charge in [-0.05, 0) is 47.2 Å². The van der Waals surface area contributed by atoms with Crippen molar-refractivity contribution in [3.05, 3.63) is 70.3 Å². The molecule has 0 spiro atoms.